The van der Waals surface area contributed by atoms with Crippen LogP contribution in [0.15, 0.2) is 18.2 Å². The maximum atomic E-state index is 11.7. The molecule has 2 atom stereocenters. The number of carboxylic acid groups (broad SMARTS) is 1. The van der Waals surface area contributed by atoms with Gasteiger partial charge in [0.25, 0.3) is 0 Å². The molecule has 0 aliphatic carbocycles. The summed E-state index contributed by atoms with van der Waals surface area (Å²) in [4.78, 5) is 22.6. The molecule has 2 unspecified atom stereocenters. The van der Waals surface area contributed by atoms with E-state index < -0.39 is 5.97 Å². The van der Waals surface area contributed by atoms with Crippen LogP contribution in [0, 0.1) is 5.92 Å². The molecule has 0 fully saturated rings. The second-order valence-electron chi connectivity index (χ2n) is 4.53. The van der Waals surface area contributed by atoms with E-state index >= 15 is 0 Å². The summed E-state index contributed by atoms with van der Waals surface area (Å²) in [6, 6.07) is 4.73. The molecule has 0 spiro atoms. The van der Waals surface area contributed by atoms with E-state index in [1.165, 1.54) is 6.07 Å². The highest BCUT2D eigenvalue weighted by Gasteiger charge is 2.33. The Morgan fingerprint density at radius 2 is 2.26 bits per heavy atom. The van der Waals surface area contributed by atoms with Gasteiger partial charge < -0.3 is 14.6 Å². The van der Waals surface area contributed by atoms with Crippen LogP contribution in [0.3, 0.4) is 0 Å². The van der Waals surface area contributed by atoms with E-state index in [1.807, 2.05) is 0 Å². The van der Waals surface area contributed by atoms with E-state index in [1.54, 1.807) is 26.0 Å². The predicted molar refractivity (Wildman–Crippen MR) is 67.3 cm³/mol. The molecule has 1 aliphatic heterocycles. The Morgan fingerprint density at radius 3 is 2.89 bits per heavy atom. The molecule has 1 heterocycles. The minimum Gasteiger partial charge on any atom is -0.489 e. The molecular formula is C14H16O5. The third-order valence-electron chi connectivity index (χ3n) is 3.22. The second-order valence-corrected chi connectivity index (χ2v) is 4.53. The smallest absolute Gasteiger partial charge is 0.335 e. The lowest BCUT2D eigenvalue weighted by Crippen LogP contribution is -2.30. The number of benzene rings is 1. The molecule has 0 amide bonds. The molecule has 5 nitrogen and oxygen atoms in total. The van der Waals surface area contributed by atoms with Crippen molar-refractivity contribution in [1.29, 1.82) is 0 Å². The largest absolute Gasteiger partial charge is 0.489 e. The first-order chi connectivity index (χ1) is 9.02. The summed E-state index contributed by atoms with van der Waals surface area (Å²) in [7, 11) is 0. The highest BCUT2D eigenvalue weighted by molar-refractivity contribution is 5.88. The number of carboxylic acids is 1. The normalized spacial score (nSPS) is 18.3. The maximum absolute atomic E-state index is 11.7. The summed E-state index contributed by atoms with van der Waals surface area (Å²) in [6.07, 6.45) is 0.231. The van der Waals surface area contributed by atoms with Gasteiger partial charge in [-0.05, 0) is 37.6 Å². The molecule has 5 heteroatoms. The highest BCUT2D eigenvalue weighted by Crippen LogP contribution is 2.32. The fourth-order valence-corrected chi connectivity index (χ4v) is 2.11. The average molecular weight is 264 g/mol. The van der Waals surface area contributed by atoms with E-state index in [2.05, 4.69) is 0 Å². The van der Waals surface area contributed by atoms with Gasteiger partial charge in [0.2, 0.25) is 0 Å². The van der Waals surface area contributed by atoms with Gasteiger partial charge in [-0.1, -0.05) is 0 Å². The van der Waals surface area contributed by atoms with Gasteiger partial charge in [-0.25, -0.2) is 4.79 Å². The Morgan fingerprint density at radius 1 is 1.53 bits per heavy atom. The maximum Gasteiger partial charge on any atom is 0.335 e. The minimum absolute atomic E-state index is 0.229. The fraction of sp³-hybridized carbons (Fsp3) is 0.429. The van der Waals surface area contributed by atoms with Crippen LogP contribution in [0.4, 0.5) is 0 Å². The van der Waals surface area contributed by atoms with Gasteiger partial charge in [-0.15, -0.1) is 0 Å². The zero-order chi connectivity index (χ0) is 14.0. The molecule has 1 aromatic rings. The molecule has 19 heavy (non-hydrogen) atoms. The van der Waals surface area contributed by atoms with Crippen LogP contribution in [-0.4, -0.2) is 29.8 Å². The Bertz CT molecular complexity index is 509. The number of fused-ring (bicyclic) bond motifs is 1. The summed E-state index contributed by atoms with van der Waals surface area (Å²) in [5.41, 5.74) is 1.05. The number of aromatic carboxylic acids is 1. The molecule has 0 radical (unpaired) electrons. The summed E-state index contributed by atoms with van der Waals surface area (Å²) in [5.74, 6) is -0.991. The van der Waals surface area contributed by atoms with Gasteiger partial charge >= 0.3 is 11.9 Å². The Hall–Kier alpha value is -2.04. The first-order valence-corrected chi connectivity index (χ1v) is 6.22. The molecule has 0 saturated carbocycles. The molecule has 2 rings (SSSR count). The Kier molecular flexibility index (Phi) is 3.74. The first kappa shape index (κ1) is 13.4. The predicted octanol–water partition coefficient (Wildman–Crippen LogP) is 1.89. The first-order valence-electron chi connectivity index (χ1n) is 6.22. The number of carbonyl (C=O) groups is 2. The number of hydrogen-bond acceptors (Lipinski definition) is 4. The lowest BCUT2D eigenvalue weighted by atomic mass is 9.99. The highest BCUT2D eigenvalue weighted by atomic mass is 16.5. The van der Waals surface area contributed by atoms with Crippen molar-refractivity contribution >= 4 is 11.9 Å². The monoisotopic (exact) mass is 264 g/mol. The van der Waals surface area contributed by atoms with Crippen LogP contribution in [0.25, 0.3) is 0 Å². The third-order valence-corrected chi connectivity index (χ3v) is 3.22. The van der Waals surface area contributed by atoms with Crippen molar-refractivity contribution in [3.63, 3.8) is 0 Å². The van der Waals surface area contributed by atoms with Gasteiger partial charge in [0.05, 0.1) is 18.1 Å². The van der Waals surface area contributed by atoms with Crippen molar-refractivity contribution < 1.29 is 24.2 Å². The SMILES string of the molecule is CCOC(=O)C(C)C1Cc2cc(C(=O)O)ccc2O1. The van der Waals surface area contributed by atoms with E-state index in [0.29, 0.717) is 18.8 Å². The van der Waals surface area contributed by atoms with Crippen molar-refractivity contribution in [2.24, 2.45) is 5.92 Å². The lowest BCUT2D eigenvalue weighted by Gasteiger charge is -2.17. The van der Waals surface area contributed by atoms with Crippen molar-refractivity contribution in [2.45, 2.75) is 26.4 Å². The number of esters is 1. The van der Waals surface area contributed by atoms with Crippen LogP contribution >= 0.6 is 0 Å². The zero-order valence-electron chi connectivity index (χ0n) is 10.9. The summed E-state index contributed by atoms with van der Waals surface area (Å²) in [6.45, 7) is 3.85. The van der Waals surface area contributed by atoms with Gasteiger partial charge in [0.1, 0.15) is 11.9 Å². The van der Waals surface area contributed by atoms with Gasteiger partial charge in [-0.2, -0.15) is 0 Å². The molecule has 0 saturated heterocycles. The van der Waals surface area contributed by atoms with Gasteiger partial charge in [0, 0.05) is 6.42 Å². The molecular weight excluding hydrogens is 248 g/mol. The van der Waals surface area contributed by atoms with Crippen LogP contribution in [0.2, 0.25) is 0 Å². The Labute approximate surface area is 111 Å². The van der Waals surface area contributed by atoms with E-state index in [0.717, 1.165) is 5.56 Å². The Balaban J connectivity index is 2.11. The van der Waals surface area contributed by atoms with Crippen molar-refractivity contribution in [3.8, 4) is 5.75 Å². The third kappa shape index (κ3) is 2.70. The van der Waals surface area contributed by atoms with E-state index in [4.69, 9.17) is 14.6 Å². The van der Waals surface area contributed by atoms with Crippen molar-refractivity contribution in [1.82, 2.24) is 0 Å². The van der Waals surface area contributed by atoms with Gasteiger partial charge in [-0.3, -0.25) is 4.79 Å². The molecule has 1 aliphatic rings. The molecule has 0 bridgehead atoms. The van der Waals surface area contributed by atoms with Crippen LogP contribution in [0.1, 0.15) is 29.8 Å². The van der Waals surface area contributed by atoms with Crippen LogP contribution < -0.4 is 4.74 Å². The minimum atomic E-state index is -0.968. The fourth-order valence-electron chi connectivity index (χ4n) is 2.11. The van der Waals surface area contributed by atoms with Crippen molar-refractivity contribution in [3.05, 3.63) is 29.3 Å². The quantitative estimate of drug-likeness (QED) is 0.841. The summed E-state index contributed by atoms with van der Waals surface area (Å²) in [5, 5.41) is 8.93. The second kappa shape index (κ2) is 5.30. The summed E-state index contributed by atoms with van der Waals surface area (Å²) < 4.78 is 10.6. The molecule has 102 valence electrons. The van der Waals surface area contributed by atoms with Crippen LogP contribution in [-0.2, 0) is 16.0 Å². The van der Waals surface area contributed by atoms with Crippen LogP contribution in [0.5, 0.6) is 5.75 Å². The standard InChI is InChI=1S/C14H16O5/c1-3-18-14(17)8(2)12-7-10-6-9(13(15)16)4-5-11(10)19-12/h4-6,8,12H,3,7H2,1-2H3,(H,15,16). The number of carbonyl (C=O) groups excluding carboxylic acids is 1. The zero-order valence-corrected chi connectivity index (χ0v) is 10.9. The van der Waals surface area contributed by atoms with Gasteiger partial charge in [0.15, 0.2) is 0 Å². The average Bonchev–Trinajstić information content (AvgIpc) is 2.80. The molecule has 1 N–H and O–H groups in total. The number of hydrogen-bond donors (Lipinski definition) is 1. The van der Waals surface area contributed by atoms with E-state index in [9.17, 15) is 9.59 Å². The van der Waals surface area contributed by atoms with Crippen molar-refractivity contribution in [2.75, 3.05) is 6.61 Å². The summed E-state index contributed by atoms with van der Waals surface area (Å²) >= 11 is 0. The van der Waals surface area contributed by atoms with E-state index in [-0.39, 0.29) is 23.6 Å². The lowest BCUT2D eigenvalue weighted by molar-refractivity contribution is -0.150. The topological polar surface area (TPSA) is 72.8 Å². The number of rotatable bonds is 4. The molecule has 0 aromatic heterocycles. The number of ether oxygens (including phenoxy) is 2. The molecule has 1 aromatic carbocycles.